The molecule has 0 radical (unpaired) electrons. The van der Waals surface area contributed by atoms with Gasteiger partial charge in [0.1, 0.15) is 5.75 Å². The number of rotatable bonds is 2. The van der Waals surface area contributed by atoms with Gasteiger partial charge in [0.15, 0.2) is 0 Å². The van der Waals surface area contributed by atoms with Gasteiger partial charge in [-0.2, -0.15) is 0 Å². The van der Waals surface area contributed by atoms with Crippen molar-refractivity contribution < 1.29 is 9.53 Å². The van der Waals surface area contributed by atoms with E-state index in [2.05, 4.69) is 0 Å². The quantitative estimate of drug-likeness (QED) is 0.578. The minimum absolute atomic E-state index is 0.325. The van der Waals surface area contributed by atoms with Crippen LogP contribution in [0, 0.1) is 13.8 Å². The summed E-state index contributed by atoms with van der Waals surface area (Å²) in [6.07, 6.45) is 0. The Morgan fingerprint density at radius 3 is 2.29 bits per heavy atom. The van der Waals surface area contributed by atoms with Gasteiger partial charge in [-0.1, -0.05) is 24.3 Å². The number of ether oxygens (including phenoxy) is 1. The molecule has 2 heteroatoms. The van der Waals surface area contributed by atoms with Gasteiger partial charge < -0.3 is 4.74 Å². The Balaban J connectivity index is 2.16. The van der Waals surface area contributed by atoms with Gasteiger partial charge in [0, 0.05) is 0 Å². The smallest absolute Gasteiger partial charge is 0.343 e. The van der Waals surface area contributed by atoms with Crippen molar-refractivity contribution in [2.75, 3.05) is 0 Å². The zero-order valence-corrected chi connectivity index (χ0v) is 9.94. The number of carbonyl (C=O) groups excluding carboxylic acids is 1. The van der Waals surface area contributed by atoms with Gasteiger partial charge in [-0.05, 0) is 49.2 Å². The topological polar surface area (TPSA) is 26.3 Å². The van der Waals surface area contributed by atoms with Crippen molar-refractivity contribution in [2.24, 2.45) is 0 Å². The predicted molar refractivity (Wildman–Crippen MR) is 67.3 cm³/mol. The molecule has 0 aliphatic carbocycles. The van der Waals surface area contributed by atoms with Crippen LogP contribution in [0.1, 0.15) is 21.5 Å². The summed E-state index contributed by atoms with van der Waals surface area (Å²) in [4.78, 5) is 11.8. The van der Waals surface area contributed by atoms with Crippen LogP contribution >= 0.6 is 0 Å². The zero-order valence-electron chi connectivity index (χ0n) is 9.94. The van der Waals surface area contributed by atoms with Crippen LogP contribution in [-0.2, 0) is 0 Å². The van der Waals surface area contributed by atoms with E-state index < -0.39 is 0 Å². The second-order valence-corrected chi connectivity index (χ2v) is 4.00. The minimum atomic E-state index is -0.325. The van der Waals surface area contributed by atoms with Crippen LogP contribution in [0.4, 0.5) is 0 Å². The van der Waals surface area contributed by atoms with E-state index in [-0.39, 0.29) is 5.97 Å². The molecule has 0 saturated heterocycles. The molecule has 0 aliphatic rings. The van der Waals surface area contributed by atoms with Gasteiger partial charge in [-0.3, -0.25) is 0 Å². The van der Waals surface area contributed by atoms with Gasteiger partial charge in [-0.25, -0.2) is 4.79 Å². The summed E-state index contributed by atoms with van der Waals surface area (Å²) in [5.41, 5.74) is 2.86. The Kier molecular flexibility index (Phi) is 3.24. The molecule has 0 saturated carbocycles. The third kappa shape index (κ3) is 2.72. The van der Waals surface area contributed by atoms with Crippen molar-refractivity contribution in [2.45, 2.75) is 13.8 Å². The van der Waals surface area contributed by atoms with E-state index >= 15 is 0 Å². The maximum absolute atomic E-state index is 11.8. The lowest BCUT2D eigenvalue weighted by Gasteiger charge is -2.06. The third-order valence-corrected chi connectivity index (χ3v) is 2.70. The molecule has 2 nitrogen and oxygen atoms in total. The first-order valence-corrected chi connectivity index (χ1v) is 5.51. The molecule has 0 N–H and O–H groups in total. The lowest BCUT2D eigenvalue weighted by Crippen LogP contribution is -2.08. The van der Waals surface area contributed by atoms with Crippen molar-refractivity contribution >= 4 is 5.97 Å². The molecule has 0 heterocycles. The molecule has 0 amide bonds. The molecule has 0 atom stereocenters. The molecule has 2 aromatic rings. The first-order valence-electron chi connectivity index (χ1n) is 5.51. The van der Waals surface area contributed by atoms with Crippen LogP contribution in [0.2, 0.25) is 0 Å². The summed E-state index contributed by atoms with van der Waals surface area (Å²) in [6, 6.07) is 14.6. The minimum Gasteiger partial charge on any atom is -0.423 e. The van der Waals surface area contributed by atoms with Gasteiger partial charge in [0.25, 0.3) is 0 Å². The number of hydrogen-bond acceptors (Lipinski definition) is 2. The van der Waals surface area contributed by atoms with Crippen molar-refractivity contribution in [3.63, 3.8) is 0 Å². The van der Waals surface area contributed by atoms with E-state index in [9.17, 15) is 4.79 Å². The molecular formula is C15H14O2. The van der Waals surface area contributed by atoms with E-state index in [1.807, 2.05) is 50.2 Å². The van der Waals surface area contributed by atoms with Crippen molar-refractivity contribution in [1.82, 2.24) is 0 Å². The van der Waals surface area contributed by atoms with E-state index in [1.165, 1.54) is 5.56 Å². The first-order chi connectivity index (χ1) is 8.16. The Morgan fingerprint density at radius 1 is 0.941 bits per heavy atom. The number of carbonyl (C=O) groups is 1. The van der Waals surface area contributed by atoms with Crippen LogP contribution < -0.4 is 4.74 Å². The largest absolute Gasteiger partial charge is 0.423 e. The summed E-state index contributed by atoms with van der Waals surface area (Å²) in [6.45, 7) is 4.02. The van der Waals surface area contributed by atoms with Crippen LogP contribution in [-0.4, -0.2) is 5.97 Å². The standard InChI is InChI=1S/C15H14O2/c1-11-8-9-14(10-12(11)2)17-15(16)13-6-4-3-5-7-13/h3-10H,1-2H3. The Morgan fingerprint density at radius 2 is 1.65 bits per heavy atom. The lowest BCUT2D eigenvalue weighted by atomic mass is 10.1. The lowest BCUT2D eigenvalue weighted by molar-refractivity contribution is 0.0734. The van der Waals surface area contributed by atoms with Crippen LogP contribution in [0.15, 0.2) is 48.5 Å². The maximum atomic E-state index is 11.8. The number of aryl methyl sites for hydroxylation is 2. The van der Waals surface area contributed by atoms with E-state index in [0.29, 0.717) is 11.3 Å². The molecule has 86 valence electrons. The predicted octanol–water partition coefficient (Wildman–Crippen LogP) is 3.52. The number of hydrogen-bond donors (Lipinski definition) is 0. The summed E-state index contributed by atoms with van der Waals surface area (Å²) >= 11 is 0. The zero-order chi connectivity index (χ0) is 12.3. The van der Waals surface area contributed by atoms with Crippen molar-refractivity contribution in [3.8, 4) is 5.75 Å². The molecule has 0 bridgehead atoms. The second-order valence-electron chi connectivity index (χ2n) is 4.00. The van der Waals surface area contributed by atoms with Crippen molar-refractivity contribution in [3.05, 3.63) is 65.2 Å². The normalized spacial score (nSPS) is 10.0. The number of esters is 1. The van der Waals surface area contributed by atoms with Crippen molar-refractivity contribution in [1.29, 1.82) is 0 Å². The van der Waals surface area contributed by atoms with Gasteiger partial charge in [0.2, 0.25) is 0 Å². The maximum Gasteiger partial charge on any atom is 0.343 e. The Labute approximate surface area is 101 Å². The Bertz CT molecular complexity index is 530. The van der Waals surface area contributed by atoms with Gasteiger partial charge in [-0.15, -0.1) is 0 Å². The van der Waals surface area contributed by atoms with Crippen LogP contribution in [0.3, 0.4) is 0 Å². The van der Waals surface area contributed by atoms with E-state index in [0.717, 1.165) is 5.56 Å². The van der Waals surface area contributed by atoms with Gasteiger partial charge in [0.05, 0.1) is 5.56 Å². The summed E-state index contributed by atoms with van der Waals surface area (Å²) in [7, 11) is 0. The molecule has 2 rings (SSSR count). The molecule has 0 aromatic heterocycles. The highest BCUT2D eigenvalue weighted by Gasteiger charge is 2.07. The fraction of sp³-hybridized carbons (Fsp3) is 0.133. The third-order valence-electron chi connectivity index (χ3n) is 2.70. The SMILES string of the molecule is Cc1ccc(OC(=O)c2ccccc2)cc1C. The number of benzene rings is 2. The molecule has 2 aromatic carbocycles. The van der Waals surface area contributed by atoms with E-state index in [4.69, 9.17) is 4.74 Å². The molecule has 0 spiro atoms. The molecular weight excluding hydrogens is 212 g/mol. The summed E-state index contributed by atoms with van der Waals surface area (Å²) in [5, 5.41) is 0. The molecule has 0 fully saturated rings. The Hall–Kier alpha value is -2.09. The first kappa shape index (κ1) is 11.4. The molecule has 17 heavy (non-hydrogen) atoms. The molecule has 0 unspecified atom stereocenters. The fourth-order valence-electron chi connectivity index (χ4n) is 1.52. The van der Waals surface area contributed by atoms with Crippen LogP contribution in [0.25, 0.3) is 0 Å². The fourth-order valence-corrected chi connectivity index (χ4v) is 1.52. The van der Waals surface area contributed by atoms with Gasteiger partial charge >= 0.3 is 5.97 Å². The van der Waals surface area contributed by atoms with Crippen LogP contribution in [0.5, 0.6) is 5.75 Å². The monoisotopic (exact) mass is 226 g/mol. The summed E-state index contributed by atoms with van der Waals surface area (Å²) in [5.74, 6) is 0.260. The highest BCUT2D eigenvalue weighted by molar-refractivity contribution is 5.90. The average molecular weight is 226 g/mol. The highest BCUT2D eigenvalue weighted by Crippen LogP contribution is 2.17. The second kappa shape index (κ2) is 4.83. The summed E-state index contributed by atoms with van der Waals surface area (Å²) < 4.78 is 5.30. The molecule has 0 aliphatic heterocycles. The highest BCUT2D eigenvalue weighted by atomic mass is 16.5. The average Bonchev–Trinajstić information content (AvgIpc) is 2.35. The van der Waals surface area contributed by atoms with E-state index in [1.54, 1.807) is 12.1 Å².